The van der Waals surface area contributed by atoms with Crippen LogP contribution in [0.5, 0.6) is 11.5 Å². The number of fused-ring (bicyclic) bond motifs is 1. The SMILES string of the molecule is COc1cc(OC)cc(-c2nn(-c3cc(N4CCCC4)ccc3C(F)(F)F)c(=O)c3c2CCN3CC(=O)NCCCN2CCN(CCCNC(C)=O)CC2)c1. The number of carbonyl (C=O) groups is 2. The lowest BCUT2D eigenvalue weighted by Crippen LogP contribution is -2.47. The molecule has 3 aromatic rings. The zero-order chi connectivity index (χ0) is 39.1. The van der Waals surface area contributed by atoms with E-state index in [2.05, 4.69) is 25.5 Å². The Morgan fingerprint density at radius 1 is 0.836 bits per heavy atom. The standard InChI is InChI=1S/C39H51F3N8O5/c1-27(51)43-11-6-13-46-18-20-47(21-19-46)14-7-12-44-35(52)26-49-17-10-32-36(28-22-30(54-2)25-31(23-28)55-3)45-50(38(53)37(32)49)34-24-29(48-15-4-5-16-48)8-9-33(34)39(40,41)42/h8-9,22-25H,4-7,10-21,26H2,1-3H3,(H,43,51)(H,44,52). The third-order valence-electron chi connectivity index (χ3n) is 10.5. The predicted molar refractivity (Wildman–Crippen MR) is 205 cm³/mol. The number of methoxy groups -OCH3 is 2. The maximum absolute atomic E-state index is 14.6. The molecule has 55 heavy (non-hydrogen) atoms. The molecule has 2 N–H and O–H groups in total. The number of hydrogen-bond acceptors (Lipinski definition) is 10. The van der Waals surface area contributed by atoms with Crippen molar-refractivity contribution in [3.05, 3.63) is 57.9 Å². The van der Waals surface area contributed by atoms with Crippen molar-refractivity contribution in [2.24, 2.45) is 0 Å². The van der Waals surface area contributed by atoms with Crippen LogP contribution >= 0.6 is 0 Å². The van der Waals surface area contributed by atoms with Gasteiger partial charge in [0.05, 0.1) is 37.7 Å². The summed E-state index contributed by atoms with van der Waals surface area (Å²) in [5, 5.41) is 10.5. The lowest BCUT2D eigenvalue weighted by molar-refractivity contribution is -0.137. The fourth-order valence-electron chi connectivity index (χ4n) is 7.64. The van der Waals surface area contributed by atoms with Gasteiger partial charge in [0, 0.05) is 88.7 Å². The van der Waals surface area contributed by atoms with E-state index in [4.69, 9.17) is 9.47 Å². The number of nitrogens with zero attached hydrogens (tertiary/aromatic N) is 6. The minimum absolute atomic E-state index is 0.0139. The van der Waals surface area contributed by atoms with Crippen molar-refractivity contribution in [2.45, 2.75) is 45.2 Å². The molecule has 1 aromatic heterocycles. The summed E-state index contributed by atoms with van der Waals surface area (Å²) in [6.45, 7) is 9.75. The number of ether oxygens (including phenoxy) is 2. The average molecular weight is 769 g/mol. The molecule has 3 aliphatic heterocycles. The van der Waals surface area contributed by atoms with Gasteiger partial charge in [-0.15, -0.1) is 0 Å². The number of carbonyl (C=O) groups excluding carboxylic acids is 2. The molecule has 0 spiro atoms. The van der Waals surface area contributed by atoms with Crippen LogP contribution in [-0.4, -0.2) is 124 Å². The van der Waals surface area contributed by atoms with E-state index < -0.39 is 17.3 Å². The van der Waals surface area contributed by atoms with Gasteiger partial charge in [-0.3, -0.25) is 14.4 Å². The Morgan fingerprint density at radius 3 is 2.04 bits per heavy atom. The molecule has 13 nitrogen and oxygen atoms in total. The van der Waals surface area contributed by atoms with Crippen LogP contribution in [0, 0.1) is 0 Å². The fraction of sp³-hybridized carbons (Fsp3) is 0.538. The van der Waals surface area contributed by atoms with Crippen LogP contribution in [0.2, 0.25) is 0 Å². The molecule has 6 rings (SSSR count). The van der Waals surface area contributed by atoms with Gasteiger partial charge in [0.1, 0.15) is 17.2 Å². The molecule has 0 bridgehead atoms. The van der Waals surface area contributed by atoms with Crippen molar-refractivity contribution in [3.8, 4) is 28.4 Å². The topological polar surface area (TPSA) is 125 Å². The molecule has 0 saturated carbocycles. The molecular formula is C39H51F3N8O5. The van der Waals surface area contributed by atoms with Crippen LogP contribution in [0.25, 0.3) is 16.9 Å². The van der Waals surface area contributed by atoms with Gasteiger partial charge in [0.15, 0.2) is 0 Å². The zero-order valence-electron chi connectivity index (χ0n) is 31.8. The van der Waals surface area contributed by atoms with E-state index in [1.165, 1.54) is 33.3 Å². The summed E-state index contributed by atoms with van der Waals surface area (Å²) in [4.78, 5) is 47.2. The predicted octanol–water partition coefficient (Wildman–Crippen LogP) is 3.55. The Labute approximate surface area is 319 Å². The first-order valence-corrected chi connectivity index (χ1v) is 19.0. The molecule has 0 radical (unpaired) electrons. The molecule has 3 aliphatic rings. The van der Waals surface area contributed by atoms with E-state index in [1.807, 2.05) is 4.90 Å². The van der Waals surface area contributed by atoms with E-state index in [1.54, 1.807) is 23.1 Å². The summed E-state index contributed by atoms with van der Waals surface area (Å²) in [7, 11) is 2.99. The van der Waals surface area contributed by atoms with Gasteiger partial charge in [-0.2, -0.15) is 23.0 Å². The van der Waals surface area contributed by atoms with Crippen LogP contribution in [-0.2, 0) is 22.2 Å². The summed E-state index contributed by atoms with van der Waals surface area (Å²) < 4.78 is 55.7. The number of aromatic nitrogens is 2. The molecule has 2 saturated heterocycles. The molecule has 0 aliphatic carbocycles. The number of alkyl halides is 3. The van der Waals surface area contributed by atoms with E-state index >= 15 is 0 Å². The summed E-state index contributed by atoms with van der Waals surface area (Å²) in [6.07, 6.45) is -0.898. The Hall–Kier alpha value is -4.83. The van der Waals surface area contributed by atoms with Crippen LogP contribution in [0.15, 0.2) is 41.2 Å². The third-order valence-corrected chi connectivity index (χ3v) is 10.5. The van der Waals surface area contributed by atoms with Gasteiger partial charge in [0.25, 0.3) is 5.56 Å². The van der Waals surface area contributed by atoms with Gasteiger partial charge >= 0.3 is 6.18 Å². The maximum Gasteiger partial charge on any atom is 0.418 e. The minimum Gasteiger partial charge on any atom is -0.497 e. The summed E-state index contributed by atoms with van der Waals surface area (Å²) in [6, 6.07) is 8.93. The highest BCUT2D eigenvalue weighted by Crippen LogP contribution is 2.39. The van der Waals surface area contributed by atoms with Crippen molar-refractivity contribution in [3.63, 3.8) is 0 Å². The van der Waals surface area contributed by atoms with Crippen molar-refractivity contribution < 1.29 is 32.2 Å². The smallest absolute Gasteiger partial charge is 0.418 e. The van der Waals surface area contributed by atoms with E-state index in [0.29, 0.717) is 73.2 Å². The molecule has 2 fully saturated rings. The largest absolute Gasteiger partial charge is 0.497 e. The second kappa shape index (κ2) is 17.8. The Bertz CT molecular complexity index is 1870. The van der Waals surface area contributed by atoms with Crippen LogP contribution < -0.4 is 35.5 Å². The first kappa shape index (κ1) is 39.9. The fourth-order valence-corrected chi connectivity index (χ4v) is 7.64. The number of hydrogen-bond donors (Lipinski definition) is 2. The molecule has 298 valence electrons. The van der Waals surface area contributed by atoms with Gasteiger partial charge in [0.2, 0.25) is 11.8 Å². The number of amides is 2. The second-order valence-corrected chi connectivity index (χ2v) is 14.3. The molecule has 4 heterocycles. The lowest BCUT2D eigenvalue weighted by Gasteiger charge is -2.34. The van der Waals surface area contributed by atoms with Gasteiger partial charge < -0.3 is 39.7 Å². The average Bonchev–Trinajstić information content (AvgIpc) is 3.86. The van der Waals surface area contributed by atoms with Crippen molar-refractivity contribution >= 4 is 23.2 Å². The molecule has 0 unspecified atom stereocenters. The highest BCUT2D eigenvalue weighted by atomic mass is 19.4. The highest BCUT2D eigenvalue weighted by Gasteiger charge is 2.37. The van der Waals surface area contributed by atoms with E-state index in [9.17, 15) is 27.6 Å². The number of halogens is 3. The summed E-state index contributed by atoms with van der Waals surface area (Å²) in [5.74, 6) is 0.602. The maximum atomic E-state index is 14.6. The molecule has 16 heteroatoms. The number of rotatable bonds is 15. The van der Waals surface area contributed by atoms with Crippen LogP contribution in [0.3, 0.4) is 0 Å². The summed E-state index contributed by atoms with van der Waals surface area (Å²) in [5.41, 5.74) is 0.00499. The lowest BCUT2D eigenvalue weighted by atomic mass is 10.0. The van der Waals surface area contributed by atoms with Crippen molar-refractivity contribution in [1.82, 2.24) is 30.2 Å². The number of nitrogens with one attached hydrogen (secondary N) is 2. The van der Waals surface area contributed by atoms with Gasteiger partial charge in [-0.1, -0.05) is 0 Å². The van der Waals surface area contributed by atoms with Crippen LogP contribution in [0.4, 0.5) is 24.5 Å². The highest BCUT2D eigenvalue weighted by molar-refractivity contribution is 5.84. The molecular weight excluding hydrogens is 717 g/mol. The Morgan fingerprint density at radius 2 is 1.45 bits per heavy atom. The normalized spacial score (nSPS) is 16.3. The first-order valence-electron chi connectivity index (χ1n) is 19.0. The quantitative estimate of drug-likeness (QED) is 0.222. The van der Waals surface area contributed by atoms with E-state index in [-0.39, 0.29) is 29.7 Å². The van der Waals surface area contributed by atoms with Gasteiger partial charge in [-0.25, -0.2) is 0 Å². The Balaban J connectivity index is 1.21. The monoisotopic (exact) mass is 768 g/mol. The molecule has 2 aromatic carbocycles. The minimum atomic E-state index is -4.76. The number of anilines is 2. The van der Waals surface area contributed by atoms with E-state index in [0.717, 1.165) is 75.7 Å². The Kier molecular flexibility index (Phi) is 12.9. The zero-order valence-corrected chi connectivity index (χ0v) is 31.8. The molecule has 0 atom stereocenters. The van der Waals surface area contributed by atoms with Crippen molar-refractivity contribution in [2.75, 3.05) is 103 Å². The number of piperazine rings is 1. The third kappa shape index (κ3) is 9.71. The first-order chi connectivity index (χ1) is 26.4. The molecule has 2 amide bonds. The summed E-state index contributed by atoms with van der Waals surface area (Å²) >= 11 is 0. The second-order valence-electron chi connectivity index (χ2n) is 14.3. The van der Waals surface area contributed by atoms with Crippen molar-refractivity contribution in [1.29, 1.82) is 0 Å². The van der Waals surface area contributed by atoms with Crippen LogP contribution in [0.1, 0.15) is 43.7 Å². The number of benzene rings is 2. The van der Waals surface area contributed by atoms with Gasteiger partial charge in [-0.05, 0) is 75.5 Å².